The van der Waals surface area contributed by atoms with Gasteiger partial charge in [-0.2, -0.15) is 5.10 Å². The number of hydrogen-bond donors (Lipinski definition) is 0. The van der Waals surface area contributed by atoms with Gasteiger partial charge in [0, 0.05) is 32.4 Å². The van der Waals surface area contributed by atoms with Crippen molar-refractivity contribution in [2.24, 2.45) is 0 Å². The minimum Gasteiger partial charge on any atom is -0.342 e. The Hall–Kier alpha value is -2.14. The molecular formula is C17H22N4O. The topological polar surface area (TPSA) is 41.4 Å². The van der Waals surface area contributed by atoms with Crippen LogP contribution in [0.25, 0.3) is 5.69 Å². The van der Waals surface area contributed by atoms with Crippen molar-refractivity contribution in [3.05, 3.63) is 48.3 Å². The number of para-hydroxylation sites is 1. The zero-order chi connectivity index (χ0) is 15.4. The Morgan fingerprint density at radius 2 is 1.95 bits per heavy atom. The molecule has 2 heterocycles. The van der Waals surface area contributed by atoms with Gasteiger partial charge < -0.3 is 4.90 Å². The molecule has 1 aromatic carbocycles. The van der Waals surface area contributed by atoms with Crippen LogP contribution < -0.4 is 0 Å². The average Bonchev–Trinajstić information content (AvgIpc) is 2.92. The molecule has 1 saturated heterocycles. The van der Waals surface area contributed by atoms with E-state index < -0.39 is 0 Å². The van der Waals surface area contributed by atoms with Crippen LogP contribution in [0.4, 0.5) is 0 Å². The summed E-state index contributed by atoms with van der Waals surface area (Å²) in [5.41, 5.74) is 2.06. The number of benzene rings is 1. The second kappa shape index (κ2) is 6.75. The molecule has 0 N–H and O–H groups in total. The first-order valence-corrected chi connectivity index (χ1v) is 7.86. The van der Waals surface area contributed by atoms with Crippen molar-refractivity contribution < 1.29 is 4.79 Å². The fourth-order valence-corrected chi connectivity index (χ4v) is 2.85. The molecule has 1 fully saturated rings. The molecule has 5 heteroatoms. The monoisotopic (exact) mass is 298 g/mol. The summed E-state index contributed by atoms with van der Waals surface area (Å²) >= 11 is 0. The van der Waals surface area contributed by atoms with Gasteiger partial charge in [-0.1, -0.05) is 18.2 Å². The van der Waals surface area contributed by atoms with E-state index >= 15 is 0 Å². The van der Waals surface area contributed by atoms with Crippen LogP contribution in [-0.2, 0) is 11.3 Å². The summed E-state index contributed by atoms with van der Waals surface area (Å²) in [6.07, 6.45) is 3.00. The number of amides is 1. The van der Waals surface area contributed by atoms with Crippen molar-refractivity contribution >= 4 is 5.91 Å². The first-order valence-electron chi connectivity index (χ1n) is 7.86. The highest BCUT2D eigenvalue weighted by molar-refractivity contribution is 5.78. The molecular weight excluding hydrogens is 276 g/mol. The van der Waals surface area contributed by atoms with E-state index in [0.29, 0.717) is 6.54 Å². The second-order valence-corrected chi connectivity index (χ2v) is 5.62. The zero-order valence-corrected chi connectivity index (χ0v) is 13.0. The molecule has 1 amide bonds. The summed E-state index contributed by atoms with van der Waals surface area (Å²) in [4.78, 5) is 16.3. The molecule has 3 rings (SSSR count). The van der Waals surface area contributed by atoms with E-state index in [2.05, 4.69) is 10.00 Å². The minimum absolute atomic E-state index is 0.225. The molecule has 0 saturated carbocycles. The predicted octanol–water partition coefficient (Wildman–Crippen LogP) is 1.93. The summed E-state index contributed by atoms with van der Waals surface area (Å²) < 4.78 is 1.88. The third-order valence-electron chi connectivity index (χ3n) is 4.05. The van der Waals surface area contributed by atoms with E-state index in [4.69, 9.17) is 0 Å². The quantitative estimate of drug-likeness (QED) is 0.866. The maximum atomic E-state index is 12.1. The van der Waals surface area contributed by atoms with E-state index in [-0.39, 0.29) is 5.91 Å². The summed E-state index contributed by atoms with van der Waals surface area (Å²) in [5.74, 6) is 0.225. The lowest BCUT2D eigenvalue weighted by Crippen LogP contribution is -2.36. The Morgan fingerprint density at radius 3 is 2.73 bits per heavy atom. The number of hydrogen-bond acceptors (Lipinski definition) is 3. The van der Waals surface area contributed by atoms with Gasteiger partial charge in [-0.25, -0.2) is 4.68 Å². The molecule has 0 unspecified atom stereocenters. The normalized spacial score (nSPS) is 16.8. The van der Waals surface area contributed by atoms with Crippen molar-refractivity contribution in [1.29, 1.82) is 0 Å². The highest BCUT2D eigenvalue weighted by Gasteiger charge is 2.20. The molecule has 0 aliphatic carbocycles. The predicted molar refractivity (Wildman–Crippen MR) is 85.7 cm³/mol. The van der Waals surface area contributed by atoms with Crippen LogP contribution in [0.5, 0.6) is 0 Å². The number of likely N-dealkylation sites (N-methyl/N-ethyl adjacent to an activating group) is 1. The zero-order valence-electron chi connectivity index (χ0n) is 13.0. The van der Waals surface area contributed by atoms with Gasteiger partial charge in [-0.15, -0.1) is 0 Å². The van der Waals surface area contributed by atoms with Crippen molar-refractivity contribution in [2.75, 3.05) is 26.2 Å². The molecule has 5 nitrogen and oxygen atoms in total. The van der Waals surface area contributed by atoms with Crippen LogP contribution in [0.2, 0.25) is 0 Å². The van der Waals surface area contributed by atoms with Crippen molar-refractivity contribution in [1.82, 2.24) is 19.6 Å². The molecule has 0 bridgehead atoms. The van der Waals surface area contributed by atoms with Gasteiger partial charge >= 0.3 is 0 Å². The van der Waals surface area contributed by atoms with E-state index in [0.717, 1.165) is 44.0 Å². The molecule has 1 aliphatic rings. The maximum Gasteiger partial charge on any atom is 0.236 e. The molecule has 1 aliphatic heterocycles. The van der Waals surface area contributed by atoms with Crippen LogP contribution in [0.15, 0.2) is 42.6 Å². The van der Waals surface area contributed by atoms with Crippen LogP contribution in [0, 0.1) is 0 Å². The summed E-state index contributed by atoms with van der Waals surface area (Å²) in [6.45, 7) is 5.87. The Morgan fingerprint density at radius 1 is 1.14 bits per heavy atom. The number of rotatable bonds is 4. The van der Waals surface area contributed by atoms with E-state index in [1.807, 2.05) is 59.1 Å². The Balaban J connectivity index is 1.66. The highest BCUT2D eigenvalue weighted by atomic mass is 16.2. The molecule has 116 valence electrons. The smallest absolute Gasteiger partial charge is 0.236 e. The van der Waals surface area contributed by atoms with E-state index in [9.17, 15) is 4.79 Å². The Labute approximate surface area is 131 Å². The minimum atomic E-state index is 0.225. The highest BCUT2D eigenvalue weighted by Crippen LogP contribution is 2.11. The molecule has 22 heavy (non-hydrogen) atoms. The molecule has 0 spiro atoms. The van der Waals surface area contributed by atoms with Crippen LogP contribution in [0.3, 0.4) is 0 Å². The number of carbonyl (C=O) groups is 1. The second-order valence-electron chi connectivity index (χ2n) is 5.62. The SMILES string of the molecule is CCN1CCCN(Cc2ccn(-c3ccccc3)n2)CC1=O. The standard InChI is InChI=1S/C17H22N4O/c1-2-20-11-6-10-19(14-17(20)22)13-15-9-12-21(18-15)16-7-4-3-5-8-16/h3-5,7-9,12H,2,6,10-11,13-14H2,1H3. The first-order chi connectivity index (χ1) is 10.8. The van der Waals surface area contributed by atoms with Gasteiger partial charge in [0.1, 0.15) is 0 Å². The van der Waals surface area contributed by atoms with Crippen molar-refractivity contribution in [3.8, 4) is 5.69 Å². The molecule has 2 aromatic rings. The maximum absolute atomic E-state index is 12.1. The summed E-state index contributed by atoms with van der Waals surface area (Å²) in [6, 6.07) is 12.1. The summed E-state index contributed by atoms with van der Waals surface area (Å²) in [5, 5.41) is 4.62. The van der Waals surface area contributed by atoms with Gasteiger partial charge in [0.05, 0.1) is 17.9 Å². The van der Waals surface area contributed by atoms with Gasteiger partial charge in [-0.05, 0) is 31.5 Å². The van der Waals surface area contributed by atoms with Gasteiger partial charge in [0.2, 0.25) is 5.91 Å². The number of aromatic nitrogens is 2. The average molecular weight is 298 g/mol. The Bertz CT molecular complexity index is 623. The van der Waals surface area contributed by atoms with Crippen molar-refractivity contribution in [2.45, 2.75) is 19.9 Å². The van der Waals surface area contributed by atoms with Gasteiger partial charge in [0.25, 0.3) is 0 Å². The van der Waals surface area contributed by atoms with Crippen LogP contribution in [0.1, 0.15) is 19.0 Å². The Kier molecular flexibility index (Phi) is 4.53. The van der Waals surface area contributed by atoms with Crippen LogP contribution >= 0.6 is 0 Å². The third-order valence-corrected chi connectivity index (χ3v) is 4.05. The fourth-order valence-electron chi connectivity index (χ4n) is 2.85. The first kappa shape index (κ1) is 14.8. The van der Waals surface area contributed by atoms with Crippen molar-refractivity contribution in [3.63, 3.8) is 0 Å². The van der Waals surface area contributed by atoms with E-state index in [1.54, 1.807) is 0 Å². The van der Waals surface area contributed by atoms with Gasteiger partial charge in [-0.3, -0.25) is 9.69 Å². The fraction of sp³-hybridized carbons (Fsp3) is 0.412. The summed E-state index contributed by atoms with van der Waals surface area (Å²) in [7, 11) is 0. The van der Waals surface area contributed by atoms with E-state index in [1.165, 1.54) is 0 Å². The van der Waals surface area contributed by atoms with Gasteiger partial charge in [0.15, 0.2) is 0 Å². The number of nitrogens with zero attached hydrogens (tertiary/aromatic N) is 4. The lowest BCUT2D eigenvalue weighted by Gasteiger charge is -2.19. The lowest BCUT2D eigenvalue weighted by molar-refractivity contribution is -0.131. The molecule has 0 radical (unpaired) electrons. The third kappa shape index (κ3) is 3.36. The molecule has 1 aromatic heterocycles. The van der Waals surface area contributed by atoms with Crippen LogP contribution in [-0.4, -0.2) is 51.7 Å². The number of carbonyl (C=O) groups excluding carboxylic acids is 1. The largest absolute Gasteiger partial charge is 0.342 e. The molecule has 0 atom stereocenters. The lowest BCUT2D eigenvalue weighted by atomic mass is 10.3.